The highest BCUT2D eigenvalue weighted by Gasteiger charge is 2.08. The van der Waals surface area contributed by atoms with Gasteiger partial charge in [-0.25, -0.2) is 5.43 Å². The van der Waals surface area contributed by atoms with Gasteiger partial charge in [-0.2, -0.15) is 10.4 Å². The SMILES string of the molecule is CCOc1ccc(C(=O)N/N=C/c2cc(Cl)ccc2OCc2ccccc2C#N)cc1. The molecule has 7 heteroatoms. The molecule has 0 bridgehead atoms. The molecule has 1 amide bonds. The average molecular weight is 434 g/mol. The van der Waals surface area contributed by atoms with E-state index in [-0.39, 0.29) is 12.5 Å². The monoisotopic (exact) mass is 433 g/mol. The standard InChI is InChI=1S/C24H20ClN3O3/c1-2-30-22-10-7-17(8-11-22)24(29)28-27-15-20-13-21(25)9-12-23(20)31-16-19-6-4-3-5-18(19)14-26/h3-13,15H,2,16H2,1H3,(H,28,29)/b27-15+. The van der Waals surface area contributed by atoms with E-state index in [1.165, 1.54) is 6.21 Å². The Balaban J connectivity index is 1.68. The number of hydrazone groups is 1. The molecule has 0 saturated heterocycles. The van der Waals surface area contributed by atoms with Gasteiger partial charge in [0.1, 0.15) is 18.1 Å². The predicted molar refractivity (Wildman–Crippen MR) is 120 cm³/mol. The summed E-state index contributed by atoms with van der Waals surface area (Å²) >= 11 is 6.10. The summed E-state index contributed by atoms with van der Waals surface area (Å²) in [7, 11) is 0. The number of carbonyl (C=O) groups excluding carboxylic acids is 1. The second-order valence-electron chi connectivity index (χ2n) is 6.40. The van der Waals surface area contributed by atoms with Crippen LogP contribution in [0.5, 0.6) is 11.5 Å². The van der Waals surface area contributed by atoms with Crippen molar-refractivity contribution < 1.29 is 14.3 Å². The first-order chi connectivity index (χ1) is 15.1. The molecule has 0 aliphatic rings. The van der Waals surface area contributed by atoms with Crippen molar-refractivity contribution in [2.45, 2.75) is 13.5 Å². The van der Waals surface area contributed by atoms with Crippen molar-refractivity contribution in [1.82, 2.24) is 5.43 Å². The molecule has 0 aromatic heterocycles. The van der Waals surface area contributed by atoms with Crippen LogP contribution in [0.4, 0.5) is 0 Å². The lowest BCUT2D eigenvalue weighted by molar-refractivity contribution is 0.0955. The number of hydrogen-bond acceptors (Lipinski definition) is 5. The molecule has 3 aromatic rings. The Morgan fingerprint density at radius 2 is 1.90 bits per heavy atom. The summed E-state index contributed by atoms with van der Waals surface area (Å²) in [5.41, 5.74) is 4.85. The third-order valence-corrected chi connectivity index (χ3v) is 4.53. The lowest BCUT2D eigenvalue weighted by Crippen LogP contribution is -2.17. The molecule has 1 N–H and O–H groups in total. The van der Waals surface area contributed by atoms with Crippen LogP contribution >= 0.6 is 11.6 Å². The lowest BCUT2D eigenvalue weighted by atomic mass is 10.1. The van der Waals surface area contributed by atoms with E-state index < -0.39 is 0 Å². The van der Waals surface area contributed by atoms with E-state index in [9.17, 15) is 10.1 Å². The minimum absolute atomic E-state index is 0.213. The number of nitrogens with one attached hydrogen (secondary N) is 1. The van der Waals surface area contributed by atoms with Gasteiger partial charge in [0.2, 0.25) is 0 Å². The van der Waals surface area contributed by atoms with Gasteiger partial charge < -0.3 is 9.47 Å². The largest absolute Gasteiger partial charge is 0.494 e. The van der Waals surface area contributed by atoms with E-state index in [0.29, 0.717) is 39.8 Å². The van der Waals surface area contributed by atoms with Gasteiger partial charge in [-0.1, -0.05) is 29.8 Å². The van der Waals surface area contributed by atoms with Crippen LogP contribution in [0.25, 0.3) is 0 Å². The number of nitrogens with zero attached hydrogens (tertiary/aromatic N) is 2. The lowest BCUT2D eigenvalue weighted by Gasteiger charge is -2.10. The molecule has 0 atom stereocenters. The van der Waals surface area contributed by atoms with Gasteiger partial charge in [0.15, 0.2) is 0 Å². The van der Waals surface area contributed by atoms with Crippen molar-refractivity contribution >= 4 is 23.7 Å². The molecule has 3 aromatic carbocycles. The predicted octanol–water partition coefficient (Wildman–Crippen LogP) is 4.95. The zero-order chi connectivity index (χ0) is 22.1. The zero-order valence-electron chi connectivity index (χ0n) is 16.8. The van der Waals surface area contributed by atoms with Gasteiger partial charge in [-0.3, -0.25) is 4.79 Å². The van der Waals surface area contributed by atoms with Crippen molar-refractivity contribution in [3.05, 3.63) is 94.0 Å². The maximum absolute atomic E-state index is 12.3. The average Bonchev–Trinajstić information content (AvgIpc) is 2.79. The van der Waals surface area contributed by atoms with E-state index in [1.807, 2.05) is 19.1 Å². The Kier molecular flexibility index (Phi) is 7.63. The third-order valence-electron chi connectivity index (χ3n) is 4.29. The highest BCUT2D eigenvalue weighted by molar-refractivity contribution is 6.30. The van der Waals surface area contributed by atoms with Gasteiger partial charge in [0.05, 0.1) is 24.5 Å². The fourth-order valence-corrected chi connectivity index (χ4v) is 2.94. The van der Waals surface area contributed by atoms with E-state index in [4.69, 9.17) is 21.1 Å². The van der Waals surface area contributed by atoms with Crippen molar-refractivity contribution in [1.29, 1.82) is 5.26 Å². The van der Waals surface area contributed by atoms with Crippen LogP contribution < -0.4 is 14.9 Å². The first-order valence-corrected chi connectivity index (χ1v) is 9.95. The minimum atomic E-state index is -0.355. The van der Waals surface area contributed by atoms with Crippen LogP contribution in [0.2, 0.25) is 5.02 Å². The molecule has 0 saturated carbocycles. The van der Waals surface area contributed by atoms with E-state index in [0.717, 1.165) is 5.56 Å². The molecule has 0 unspecified atom stereocenters. The smallest absolute Gasteiger partial charge is 0.271 e. The third kappa shape index (κ3) is 6.08. The number of nitriles is 1. The van der Waals surface area contributed by atoms with Crippen LogP contribution in [-0.2, 0) is 6.61 Å². The topological polar surface area (TPSA) is 83.7 Å². The number of hydrogen-bond donors (Lipinski definition) is 1. The van der Waals surface area contributed by atoms with Crippen LogP contribution in [0.1, 0.15) is 34.0 Å². The number of carbonyl (C=O) groups is 1. The van der Waals surface area contributed by atoms with Crippen molar-refractivity contribution in [3.8, 4) is 17.6 Å². The van der Waals surface area contributed by atoms with Gasteiger partial charge in [-0.15, -0.1) is 0 Å². The normalized spacial score (nSPS) is 10.5. The molecule has 0 fully saturated rings. The van der Waals surface area contributed by atoms with Crippen LogP contribution in [-0.4, -0.2) is 18.7 Å². The van der Waals surface area contributed by atoms with Crippen molar-refractivity contribution in [2.75, 3.05) is 6.61 Å². The Bertz CT molecular complexity index is 1120. The second kappa shape index (κ2) is 10.8. The first-order valence-electron chi connectivity index (χ1n) is 9.57. The summed E-state index contributed by atoms with van der Waals surface area (Å²) in [6, 6.07) is 21.2. The Labute approximate surface area is 185 Å². The molecule has 6 nitrogen and oxygen atoms in total. The number of ether oxygens (including phenoxy) is 2. The molecular formula is C24H20ClN3O3. The molecule has 0 heterocycles. The van der Waals surface area contributed by atoms with E-state index >= 15 is 0 Å². The van der Waals surface area contributed by atoms with Gasteiger partial charge in [-0.05, 0) is 55.5 Å². The minimum Gasteiger partial charge on any atom is -0.494 e. The zero-order valence-corrected chi connectivity index (χ0v) is 17.6. The maximum Gasteiger partial charge on any atom is 0.271 e. The number of benzene rings is 3. The molecular weight excluding hydrogens is 414 g/mol. The van der Waals surface area contributed by atoms with Crippen LogP contribution in [0.15, 0.2) is 71.8 Å². The van der Waals surface area contributed by atoms with Gasteiger partial charge in [0, 0.05) is 21.7 Å². The summed E-state index contributed by atoms with van der Waals surface area (Å²) in [6.45, 7) is 2.66. The Hall–Kier alpha value is -3.82. The Morgan fingerprint density at radius 1 is 1.13 bits per heavy atom. The molecule has 0 aliphatic heterocycles. The molecule has 0 spiro atoms. The van der Waals surface area contributed by atoms with Crippen LogP contribution in [0, 0.1) is 11.3 Å². The summed E-state index contributed by atoms with van der Waals surface area (Å²) in [6.07, 6.45) is 1.46. The molecule has 3 rings (SSSR count). The van der Waals surface area contributed by atoms with Crippen molar-refractivity contribution in [3.63, 3.8) is 0 Å². The van der Waals surface area contributed by atoms with E-state index in [2.05, 4.69) is 16.6 Å². The number of halogens is 1. The number of rotatable bonds is 8. The highest BCUT2D eigenvalue weighted by atomic mass is 35.5. The fourth-order valence-electron chi connectivity index (χ4n) is 2.76. The molecule has 0 radical (unpaired) electrons. The molecule has 31 heavy (non-hydrogen) atoms. The summed E-state index contributed by atoms with van der Waals surface area (Å²) in [5, 5.41) is 13.7. The summed E-state index contributed by atoms with van der Waals surface area (Å²) in [5.74, 6) is 0.865. The molecule has 0 aliphatic carbocycles. The first kappa shape index (κ1) is 21.9. The Morgan fingerprint density at radius 3 is 2.65 bits per heavy atom. The van der Waals surface area contributed by atoms with Gasteiger partial charge in [0.25, 0.3) is 5.91 Å². The summed E-state index contributed by atoms with van der Waals surface area (Å²) < 4.78 is 11.2. The summed E-state index contributed by atoms with van der Waals surface area (Å²) in [4.78, 5) is 12.3. The number of amides is 1. The van der Waals surface area contributed by atoms with Gasteiger partial charge >= 0.3 is 0 Å². The maximum atomic E-state index is 12.3. The fraction of sp³-hybridized carbons (Fsp3) is 0.125. The quantitative estimate of drug-likeness (QED) is 0.402. The van der Waals surface area contributed by atoms with Crippen LogP contribution in [0.3, 0.4) is 0 Å². The van der Waals surface area contributed by atoms with Crippen molar-refractivity contribution in [2.24, 2.45) is 5.10 Å². The molecule has 156 valence electrons. The van der Waals surface area contributed by atoms with E-state index in [1.54, 1.807) is 54.6 Å². The highest BCUT2D eigenvalue weighted by Crippen LogP contribution is 2.23. The second-order valence-corrected chi connectivity index (χ2v) is 6.83.